The van der Waals surface area contributed by atoms with Gasteiger partial charge in [-0.2, -0.15) is 0 Å². The van der Waals surface area contributed by atoms with Gasteiger partial charge in [0.05, 0.1) is 13.2 Å². The van der Waals surface area contributed by atoms with Crippen LogP contribution in [0.1, 0.15) is 78.1 Å². The molecule has 0 N–H and O–H groups in total. The third kappa shape index (κ3) is 7.78. The molecule has 0 spiro atoms. The molecule has 2 heterocycles. The van der Waals surface area contributed by atoms with Crippen LogP contribution < -0.4 is 9.47 Å². The van der Waals surface area contributed by atoms with Crippen molar-refractivity contribution in [3.05, 3.63) is 48.5 Å². The maximum Gasteiger partial charge on any atom is 0.155 e. The van der Waals surface area contributed by atoms with Crippen molar-refractivity contribution in [3.8, 4) is 32.6 Å². The van der Waals surface area contributed by atoms with Crippen molar-refractivity contribution in [2.45, 2.75) is 78.1 Å². The van der Waals surface area contributed by atoms with E-state index in [0.717, 1.165) is 68.4 Å². The summed E-state index contributed by atoms with van der Waals surface area (Å²) in [6, 6.07) is 16.6. The van der Waals surface area contributed by atoms with Gasteiger partial charge in [0.15, 0.2) is 9.66 Å². The van der Waals surface area contributed by atoms with Crippen LogP contribution in [0.15, 0.2) is 48.5 Å². The largest absolute Gasteiger partial charge is 0.494 e. The minimum absolute atomic E-state index is 0.787. The molecule has 4 rings (SSSR count). The SMILES string of the molecule is CCCCCCCOc1ccc(-c2nc3sc(-c4ccc(OCCCCCCC)cc4)nc3s2)cc1. The van der Waals surface area contributed by atoms with Crippen LogP contribution in [0.5, 0.6) is 11.5 Å². The Balaban J connectivity index is 1.28. The fourth-order valence-corrected chi connectivity index (χ4v) is 6.12. The summed E-state index contributed by atoms with van der Waals surface area (Å²) in [4.78, 5) is 11.7. The molecule has 0 atom stereocenters. The average molecular weight is 523 g/mol. The van der Waals surface area contributed by atoms with E-state index in [2.05, 4.69) is 38.1 Å². The molecule has 4 nitrogen and oxygen atoms in total. The summed E-state index contributed by atoms with van der Waals surface area (Å²) in [5.41, 5.74) is 2.22. The van der Waals surface area contributed by atoms with E-state index < -0.39 is 0 Å². The third-order valence-corrected chi connectivity index (χ3v) is 8.34. The second kappa shape index (κ2) is 14.3. The van der Waals surface area contributed by atoms with E-state index in [4.69, 9.17) is 19.4 Å². The molecule has 36 heavy (non-hydrogen) atoms. The number of rotatable bonds is 16. The number of benzene rings is 2. The third-order valence-electron chi connectivity index (χ3n) is 6.21. The van der Waals surface area contributed by atoms with Gasteiger partial charge in [-0.05, 0) is 61.4 Å². The lowest BCUT2D eigenvalue weighted by molar-refractivity contribution is 0.304. The first kappa shape index (κ1) is 26.6. The quantitative estimate of drug-likeness (QED) is 0.137. The Kier molecular flexibility index (Phi) is 10.6. The molecular formula is C30H38N2O2S2. The summed E-state index contributed by atoms with van der Waals surface area (Å²) < 4.78 is 11.8. The molecule has 0 bridgehead atoms. The van der Waals surface area contributed by atoms with Crippen LogP contribution in [0.25, 0.3) is 30.8 Å². The zero-order chi connectivity index (χ0) is 25.0. The molecule has 6 heteroatoms. The normalized spacial score (nSPS) is 11.3. The maximum atomic E-state index is 5.90. The predicted octanol–water partition coefficient (Wildman–Crippen LogP) is 9.79. The molecule has 0 saturated carbocycles. The van der Waals surface area contributed by atoms with Gasteiger partial charge in [-0.15, -0.1) is 0 Å². The minimum Gasteiger partial charge on any atom is -0.494 e. The Morgan fingerprint density at radius 3 is 1.31 bits per heavy atom. The van der Waals surface area contributed by atoms with Crippen LogP contribution >= 0.6 is 22.7 Å². The number of aromatic nitrogens is 2. The smallest absolute Gasteiger partial charge is 0.155 e. The Bertz CT molecular complexity index is 1050. The summed E-state index contributed by atoms with van der Waals surface area (Å²) in [6.07, 6.45) is 12.5. The molecule has 0 aliphatic carbocycles. The molecule has 0 aliphatic rings. The van der Waals surface area contributed by atoms with Crippen molar-refractivity contribution in [1.82, 2.24) is 9.97 Å². The van der Waals surface area contributed by atoms with E-state index in [1.807, 2.05) is 24.3 Å². The Morgan fingerprint density at radius 1 is 0.528 bits per heavy atom. The van der Waals surface area contributed by atoms with Crippen molar-refractivity contribution < 1.29 is 9.47 Å². The molecule has 0 unspecified atom stereocenters. The van der Waals surface area contributed by atoms with Gasteiger partial charge >= 0.3 is 0 Å². The zero-order valence-corrected chi connectivity index (χ0v) is 23.3. The van der Waals surface area contributed by atoms with E-state index in [0.29, 0.717) is 0 Å². The van der Waals surface area contributed by atoms with Crippen LogP contribution in [-0.4, -0.2) is 23.2 Å². The zero-order valence-electron chi connectivity index (χ0n) is 21.6. The highest BCUT2D eigenvalue weighted by Crippen LogP contribution is 2.37. The lowest BCUT2D eigenvalue weighted by Crippen LogP contribution is -1.97. The van der Waals surface area contributed by atoms with Crippen molar-refractivity contribution in [1.29, 1.82) is 0 Å². The number of unbranched alkanes of at least 4 members (excludes halogenated alkanes) is 8. The Labute approximate surface area is 223 Å². The van der Waals surface area contributed by atoms with E-state index in [-0.39, 0.29) is 0 Å². The number of fused-ring (bicyclic) bond motifs is 1. The molecule has 0 radical (unpaired) electrons. The van der Waals surface area contributed by atoms with Crippen molar-refractivity contribution in [2.75, 3.05) is 13.2 Å². The van der Waals surface area contributed by atoms with Crippen molar-refractivity contribution >= 4 is 32.3 Å². The molecule has 0 fully saturated rings. The van der Waals surface area contributed by atoms with Crippen LogP contribution in [0, 0.1) is 0 Å². The highest BCUT2D eigenvalue weighted by Gasteiger charge is 2.13. The van der Waals surface area contributed by atoms with Crippen LogP contribution in [0.3, 0.4) is 0 Å². The first-order valence-corrected chi connectivity index (χ1v) is 15.1. The van der Waals surface area contributed by atoms with Crippen LogP contribution in [0.2, 0.25) is 0 Å². The monoisotopic (exact) mass is 522 g/mol. The fraction of sp³-hybridized carbons (Fsp3) is 0.467. The summed E-state index contributed by atoms with van der Waals surface area (Å²) in [6.45, 7) is 6.05. The molecule has 0 amide bonds. The second-order valence-corrected chi connectivity index (χ2v) is 11.2. The topological polar surface area (TPSA) is 44.2 Å². The van der Waals surface area contributed by atoms with Crippen molar-refractivity contribution in [3.63, 3.8) is 0 Å². The van der Waals surface area contributed by atoms with Gasteiger partial charge in [-0.25, -0.2) is 9.97 Å². The predicted molar refractivity (Wildman–Crippen MR) is 155 cm³/mol. The Morgan fingerprint density at radius 2 is 0.917 bits per heavy atom. The summed E-state index contributed by atoms with van der Waals surface area (Å²) in [7, 11) is 0. The van der Waals surface area contributed by atoms with Crippen LogP contribution in [-0.2, 0) is 0 Å². The standard InChI is InChI=1S/C30H38N2O2S2/c1-3-5-7-9-11-21-33-25-17-13-23(14-18-25)27-31-29-30(35-27)32-28(36-29)24-15-19-26(20-16-24)34-22-12-10-8-6-4-2/h13-20H,3-12,21-22H2,1-2H3. The molecule has 2 aromatic heterocycles. The fourth-order valence-electron chi connectivity index (χ4n) is 4.07. The number of hydrogen-bond acceptors (Lipinski definition) is 6. The molecule has 4 aromatic rings. The number of nitrogens with zero attached hydrogens (tertiary/aromatic N) is 2. The lowest BCUT2D eigenvalue weighted by Gasteiger charge is -2.06. The highest BCUT2D eigenvalue weighted by molar-refractivity contribution is 7.29. The first-order valence-electron chi connectivity index (χ1n) is 13.5. The van der Waals surface area contributed by atoms with Crippen LogP contribution in [0.4, 0.5) is 0 Å². The van der Waals surface area contributed by atoms with Gasteiger partial charge in [0.1, 0.15) is 21.5 Å². The summed E-state index contributed by atoms with van der Waals surface area (Å²) >= 11 is 3.29. The van der Waals surface area contributed by atoms with Gasteiger partial charge in [-0.3, -0.25) is 0 Å². The average Bonchev–Trinajstić information content (AvgIpc) is 3.49. The first-order chi connectivity index (χ1) is 17.8. The molecule has 0 aliphatic heterocycles. The van der Waals surface area contributed by atoms with Gasteiger partial charge in [0, 0.05) is 11.1 Å². The number of thiazole rings is 2. The molecule has 2 aromatic carbocycles. The summed E-state index contributed by atoms with van der Waals surface area (Å²) in [5, 5.41) is 2.01. The molecule has 0 saturated heterocycles. The van der Waals surface area contributed by atoms with Gasteiger partial charge in [0.25, 0.3) is 0 Å². The van der Waals surface area contributed by atoms with E-state index in [1.165, 1.54) is 51.4 Å². The summed E-state index contributed by atoms with van der Waals surface area (Å²) in [5.74, 6) is 1.86. The molecule has 192 valence electrons. The highest BCUT2D eigenvalue weighted by atomic mass is 32.1. The maximum absolute atomic E-state index is 5.90. The Hall–Kier alpha value is -2.44. The number of ether oxygens (including phenoxy) is 2. The van der Waals surface area contributed by atoms with Crippen molar-refractivity contribution in [2.24, 2.45) is 0 Å². The van der Waals surface area contributed by atoms with Gasteiger partial charge < -0.3 is 9.47 Å². The van der Waals surface area contributed by atoms with E-state index in [9.17, 15) is 0 Å². The lowest BCUT2D eigenvalue weighted by atomic mass is 10.2. The van der Waals surface area contributed by atoms with E-state index >= 15 is 0 Å². The second-order valence-electron chi connectivity index (χ2n) is 9.22. The van der Waals surface area contributed by atoms with Gasteiger partial charge in [-0.1, -0.05) is 87.9 Å². The molecular weight excluding hydrogens is 484 g/mol. The number of hydrogen-bond donors (Lipinski definition) is 0. The van der Waals surface area contributed by atoms with E-state index in [1.54, 1.807) is 22.7 Å². The van der Waals surface area contributed by atoms with Gasteiger partial charge in [0.2, 0.25) is 0 Å². The minimum atomic E-state index is 0.787.